The molecule has 27 heavy (non-hydrogen) atoms. The van der Waals surface area contributed by atoms with Crippen molar-refractivity contribution < 1.29 is 9.59 Å². The summed E-state index contributed by atoms with van der Waals surface area (Å²) in [6.07, 6.45) is 3.00. The molecule has 138 valence electrons. The summed E-state index contributed by atoms with van der Waals surface area (Å²) in [6.45, 7) is 6.32. The molecule has 2 N–H and O–H groups in total. The zero-order valence-corrected chi connectivity index (χ0v) is 15.4. The summed E-state index contributed by atoms with van der Waals surface area (Å²) < 4.78 is 1.59. The average Bonchev–Trinajstić information content (AvgIpc) is 3.20. The van der Waals surface area contributed by atoms with Crippen molar-refractivity contribution in [2.75, 3.05) is 0 Å². The minimum atomic E-state index is -0.403. The molecule has 0 spiro atoms. The van der Waals surface area contributed by atoms with Crippen LogP contribution < -0.4 is 10.9 Å². The third kappa shape index (κ3) is 4.38. The molecule has 0 saturated carbocycles. The van der Waals surface area contributed by atoms with E-state index >= 15 is 0 Å². The molecule has 1 aromatic heterocycles. The first-order valence-corrected chi connectivity index (χ1v) is 8.51. The number of carbonyl (C=O) groups excluding carboxylic acids is 2. The average molecular weight is 363 g/mol. The number of aromatic nitrogens is 3. The zero-order valence-electron chi connectivity index (χ0n) is 15.4. The van der Waals surface area contributed by atoms with E-state index < -0.39 is 5.91 Å². The Morgan fingerprint density at radius 1 is 0.852 bits per heavy atom. The Bertz CT molecular complexity index is 924. The normalized spacial score (nSPS) is 11.1. The van der Waals surface area contributed by atoms with Crippen LogP contribution in [0.4, 0.5) is 0 Å². The zero-order chi connectivity index (χ0) is 19.4. The van der Waals surface area contributed by atoms with Crippen LogP contribution in [-0.4, -0.2) is 26.6 Å². The van der Waals surface area contributed by atoms with E-state index in [2.05, 4.69) is 41.7 Å². The standard InChI is InChI=1S/C20H21N5O2/c1-20(2,3)16-8-4-14(5-9-16)18(26)23-24-19(27)15-6-10-17(11-7-15)25-13-21-12-22-25/h4-13H,1-3H3,(H,23,26)(H,24,27). The lowest BCUT2D eigenvalue weighted by atomic mass is 9.87. The van der Waals surface area contributed by atoms with Gasteiger partial charge >= 0.3 is 0 Å². The monoisotopic (exact) mass is 363 g/mol. The molecule has 0 aliphatic carbocycles. The van der Waals surface area contributed by atoms with Crippen molar-refractivity contribution >= 4 is 11.8 Å². The Kier molecular flexibility index (Phi) is 5.03. The van der Waals surface area contributed by atoms with Crippen LogP contribution in [0.3, 0.4) is 0 Å². The maximum Gasteiger partial charge on any atom is 0.269 e. The maximum absolute atomic E-state index is 12.2. The van der Waals surface area contributed by atoms with Gasteiger partial charge in [0, 0.05) is 11.1 Å². The van der Waals surface area contributed by atoms with Crippen LogP contribution in [0.5, 0.6) is 0 Å². The molecule has 2 aromatic carbocycles. The molecule has 7 heteroatoms. The van der Waals surface area contributed by atoms with E-state index in [1.54, 1.807) is 47.4 Å². The number of hydrazine groups is 1. The summed E-state index contributed by atoms with van der Waals surface area (Å²) in [5.41, 5.74) is 7.68. The fourth-order valence-corrected chi connectivity index (χ4v) is 2.49. The summed E-state index contributed by atoms with van der Waals surface area (Å²) in [4.78, 5) is 28.3. The van der Waals surface area contributed by atoms with Gasteiger partial charge in [-0.3, -0.25) is 20.4 Å². The smallest absolute Gasteiger partial charge is 0.267 e. The van der Waals surface area contributed by atoms with Gasteiger partial charge in [-0.2, -0.15) is 5.10 Å². The Labute approximate surface area is 157 Å². The lowest BCUT2D eigenvalue weighted by Gasteiger charge is -2.19. The first-order valence-electron chi connectivity index (χ1n) is 8.51. The molecular weight excluding hydrogens is 342 g/mol. The fraction of sp³-hybridized carbons (Fsp3) is 0.200. The Hall–Kier alpha value is -3.48. The third-order valence-corrected chi connectivity index (χ3v) is 4.12. The number of nitrogens with one attached hydrogen (secondary N) is 2. The molecule has 3 rings (SSSR count). The van der Waals surface area contributed by atoms with Crippen LogP contribution in [0.2, 0.25) is 0 Å². The van der Waals surface area contributed by atoms with Gasteiger partial charge in [-0.05, 0) is 47.4 Å². The van der Waals surface area contributed by atoms with Gasteiger partial charge in [0.25, 0.3) is 11.8 Å². The van der Waals surface area contributed by atoms with Crippen LogP contribution in [0, 0.1) is 0 Å². The van der Waals surface area contributed by atoms with Crippen LogP contribution in [0.25, 0.3) is 5.69 Å². The predicted octanol–water partition coefficient (Wildman–Crippen LogP) is 2.64. The highest BCUT2D eigenvalue weighted by Gasteiger charge is 2.15. The molecule has 0 aliphatic rings. The topological polar surface area (TPSA) is 88.9 Å². The van der Waals surface area contributed by atoms with E-state index in [1.807, 2.05) is 12.1 Å². The van der Waals surface area contributed by atoms with Crippen molar-refractivity contribution in [3.05, 3.63) is 77.9 Å². The van der Waals surface area contributed by atoms with Crippen molar-refractivity contribution in [2.24, 2.45) is 0 Å². The number of rotatable bonds is 3. The molecular formula is C20H21N5O2. The van der Waals surface area contributed by atoms with E-state index in [-0.39, 0.29) is 11.3 Å². The molecule has 0 saturated heterocycles. The number of benzene rings is 2. The number of hydrogen-bond donors (Lipinski definition) is 2. The summed E-state index contributed by atoms with van der Waals surface area (Å²) in [6, 6.07) is 14.1. The summed E-state index contributed by atoms with van der Waals surface area (Å²) in [7, 11) is 0. The summed E-state index contributed by atoms with van der Waals surface area (Å²) >= 11 is 0. The number of carbonyl (C=O) groups is 2. The van der Waals surface area contributed by atoms with Gasteiger partial charge < -0.3 is 0 Å². The van der Waals surface area contributed by atoms with Gasteiger partial charge in [0.15, 0.2) is 0 Å². The summed E-state index contributed by atoms with van der Waals surface area (Å²) in [5, 5.41) is 4.02. The lowest BCUT2D eigenvalue weighted by molar-refractivity contribution is 0.0846. The van der Waals surface area contributed by atoms with Crippen LogP contribution in [0.1, 0.15) is 47.1 Å². The molecule has 7 nitrogen and oxygen atoms in total. The van der Waals surface area contributed by atoms with Gasteiger partial charge in [0.2, 0.25) is 0 Å². The lowest BCUT2D eigenvalue weighted by Crippen LogP contribution is -2.41. The molecule has 1 heterocycles. The van der Waals surface area contributed by atoms with Gasteiger partial charge in [-0.15, -0.1) is 0 Å². The van der Waals surface area contributed by atoms with Crippen LogP contribution >= 0.6 is 0 Å². The van der Waals surface area contributed by atoms with Gasteiger partial charge in [-0.1, -0.05) is 32.9 Å². The molecule has 2 amide bonds. The number of nitrogens with zero attached hydrogens (tertiary/aromatic N) is 3. The summed E-state index contributed by atoms with van der Waals surface area (Å²) in [5.74, 6) is -0.775. The molecule has 0 unspecified atom stereocenters. The van der Waals surface area contributed by atoms with Crippen LogP contribution in [0.15, 0.2) is 61.2 Å². The van der Waals surface area contributed by atoms with E-state index in [4.69, 9.17) is 0 Å². The highest BCUT2D eigenvalue weighted by Crippen LogP contribution is 2.22. The molecule has 3 aromatic rings. The quantitative estimate of drug-likeness (QED) is 0.700. The Balaban J connectivity index is 1.59. The molecule has 0 radical (unpaired) electrons. The second kappa shape index (κ2) is 7.41. The van der Waals surface area contributed by atoms with Gasteiger partial charge in [0.05, 0.1) is 5.69 Å². The molecule has 0 bridgehead atoms. The minimum Gasteiger partial charge on any atom is -0.267 e. The largest absolute Gasteiger partial charge is 0.269 e. The van der Waals surface area contributed by atoms with Crippen molar-refractivity contribution in [2.45, 2.75) is 26.2 Å². The van der Waals surface area contributed by atoms with E-state index in [1.165, 1.54) is 6.33 Å². The first kappa shape index (κ1) is 18.3. The van der Waals surface area contributed by atoms with Crippen molar-refractivity contribution in [3.8, 4) is 5.69 Å². The van der Waals surface area contributed by atoms with Gasteiger partial charge in [-0.25, -0.2) is 9.67 Å². The fourth-order valence-electron chi connectivity index (χ4n) is 2.49. The van der Waals surface area contributed by atoms with E-state index in [0.29, 0.717) is 11.1 Å². The van der Waals surface area contributed by atoms with Crippen molar-refractivity contribution in [3.63, 3.8) is 0 Å². The molecule has 0 fully saturated rings. The van der Waals surface area contributed by atoms with E-state index in [9.17, 15) is 9.59 Å². The Morgan fingerprint density at radius 2 is 1.37 bits per heavy atom. The second-order valence-electron chi connectivity index (χ2n) is 7.12. The predicted molar refractivity (Wildman–Crippen MR) is 101 cm³/mol. The maximum atomic E-state index is 12.2. The highest BCUT2D eigenvalue weighted by molar-refractivity contribution is 5.99. The number of amides is 2. The SMILES string of the molecule is CC(C)(C)c1ccc(C(=O)NNC(=O)c2ccc(-n3cncn3)cc2)cc1. The number of hydrogen-bond acceptors (Lipinski definition) is 4. The minimum absolute atomic E-state index is 0.0155. The van der Waals surface area contributed by atoms with Crippen LogP contribution in [-0.2, 0) is 5.41 Å². The van der Waals surface area contributed by atoms with E-state index in [0.717, 1.165) is 11.3 Å². The third-order valence-electron chi connectivity index (χ3n) is 4.12. The first-order chi connectivity index (χ1) is 12.8. The molecule has 0 aliphatic heterocycles. The second-order valence-corrected chi connectivity index (χ2v) is 7.12. The molecule has 0 atom stereocenters. The Morgan fingerprint density at radius 3 is 1.81 bits per heavy atom. The highest BCUT2D eigenvalue weighted by atomic mass is 16.2. The van der Waals surface area contributed by atoms with Crippen molar-refractivity contribution in [1.82, 2.24) is 25.6 Å². The van der Waals surface area contributed by atoms with Gasteiger partial charge in [0.1, 0.15) is 12.7 Å². The van der Waals surface area contributed by atoms with Crippen molar-refractivity contribution in [1.29, 1.82) is 0 Å².